The van der Waals surface area contributed by atoms with Gasteiger partial charge in [-0.15, -0.1) is 0 Å². The molecule has 10 unspecified atom stereocenters. The summed E-state index contributed by atoms with van der Waals surface area (Å²) in [5, 5.41) is 96.8. The summed E-state index contributed by atoms with van der Waals surface area (Å²) >= 11 is 0. The summed E-state index contributed by atoms with van der Waals surface area (Å²) in [7, 11) is 0. The van der Waals surface area contributed by atoms with Gasteiger partial charge in [-0.05, 0) is 117 Å². The normalized spacial score (nSPS) is 51.9. The topological polar surface area (TPSA) is 219 Å². The van der Waals surface area contributed by atoms with Crippen LogP contribution in [0.5, 0.6) is 0 Å². The average Bonchev–Trinajstić information content (AvgIpc) is 3.51. The van der Waals surface area contributed by atoms with Crippen molar-refractivity contribution in [2.45, 2.75) is 179 Å². The van der Waals surface area contributed by atoms with Crippen LogP contribution in [0.2, 0.25) is 0 Å². The fourth-order valence-electron chi connectivity index (χ4n) is 13.0. The van der Waals surface area contributed by atoms with E-state index in [-0.39, 0.29) is 65.3 Å². The zero-order valence-corrected chi connectivity index (χ0v) is 33.4. The van der Waals surface area contributed by atoms with Crippen molar-refractivity contribution in [3.8, 4) is 0 Å². The number of hydrogen-bond donors (Lipinski definition) is 9. The second kappa shape index (κ2) is 15.4. The Bertz CT molecular complexity index is 1350. The van der Waals surface area contributed by atoms with E-state index in [0.717, 1.165) is 44.1 Å². The van der Waals surface area contributed by atoms with Crippen molar-refractivity contribution in [3.05, 3.63) is 11.6 Å². The van der Waals surface area contributed by atoms with E-state index in [9.17, 15) is 46.0 Å². The minimum Gasteiger partial charge on any atom is -0.393 e. The van der Waals surface area contributed by atoms with Crippen LogP contribution in [0.1, 0.15) is 106 Å². The standard InChI is InChI=1S/C41H70O13/c1-21(18-42)9-8-13-41(7,54-36-34(50)32(48)31(47)25(53-36)20-52-35-33(49)30(46)24(44)19-51-35)22-10-15-40(6)29(22)23(43)17-27-38(4)14-12-28(45)37(2,3)26(38)11-16-39(27,40)5/h9,22-36,42-50H,8,10-20H2,1-7H3/b21-9+/t22?,23?,24-,25-,26?,27?,28?,29?,30+,31-,32+,33-,34-,35-,36+,38?,39?,40?,41?/m1/s1. The number of ether oxygens (including phenoxy) is 4. The number of allylic oxidation sites excluding steroid dienone is 1. The van der Waals surface area contributed by atoms with Crippen LogP contribution >= 0.6 is 0 Å². The van der Waals surface area contributed by atoms with Gasteiger partial charge in [0, 0.05) is 0 Å². The molecule has 6 fully saturated rings. The van der Waals surface area contributed by atoms with Crippen molar-refractivity contribution in [1.29, 1.82) is 0 Å². The van der Waals surface area contributed by atoms with Gasteiger partial charge in [0.15, 0.2) is 12.6 Å². The van der Waals surface area contributed by atoms with Gasteiger partial charge in [0.2, 0.25) is 0 Å². The zero-order chi connectivity index (χ0) is 39.8. The molecule has 0 bridgehead atoms. The van der Waals surface area contributed by atoms with E-state index in [4.69, 9.17) is 18.9 Å². The molecule has 9 N–H and O–H groups in total. The summed E-state index contributed by atoms with van der Waals surface area (Å²) in [5.74, 6) is 0.307. The van der Waals surface area contributed by atoms with Crippen molar-refractivity contribution in [1.82, 2.24) is 0 Å². The molecule has 13 nitrogen and oxygen atoms in total. The van der Waals surface area contributed by atoms with Crippen molar-refractivity contribution in [2.75, 3.05) is 19.8 Å². The third kappa shape index (κ3) is 6.96. The van der Waals surface area contributed by atoms with Crippen molar-refractivity contribution in [3.63, 3.8) is 0 Å². The average molecular weight is 771 g/mol. The highest BCUT2D eigenvalue weighted by atomic mass is 16.7. The Morgan fingerprint density at radius 1 is 0.778 bits per heavy atom. The molecule has 0 radical (unpaired) electrons. The summed E-state index contributed by atoms with van der Waals surface area (Å²) in [4.78, 5) is 0. The Kier molecular flexibility index (Phi) is 12.2. The minimum atomic E-state index is -1.66. The summed E-state index contributed by atoms with van der Waals surface area (Å²) in [5.41, 5.74) is -0.744. The molecule has 0 aromatic carbocycles. The Morgan fingerprint density at radius 2 is 1.44 bits per heavy atom. The van der Waals surface area contributed by atoms with E-state index in [1.807, 2.05) is 19.9 Å². The molecule has 6 aliphatic rings. The van der Waals surface area contributed by atoms with Crippen molar-refractivity contribution < 1.29 is 64.9 Å². The summed E-state index contributed by atoms with van der Waals surface area (Å²) in [6.07, 6.45) is -5.15. The first-order valence-corrected chi connectivity index (χ1v) is 20.4. The number of aliphatic hydroxyl groups excluding tert-OH is 9. The molecule has 312 valence electrons. The highest BCUT2D eigenvalue weighted by molar-refractivity contribution is 5.20. The van der Waals surface area contributed by atoms with Crippen LogP contribution < -0.4 is 0 Å². The molecule has 6 rings (SSSR count). The molecule has 4 aliphatic carbocycles. The third-order valence-electron chi connectivity index (χ3n) is 16.5. The molecule has 0 amide bonds. The van der Waals surface area contributed by atoms with Crippen LogP contribution in [0.25, 0.3) is 0 Å². The number of rotatable bonds is 10. The fourth-order valence-corrected chi connectivity index (χ4v) is 13.0. The Balaban J connectivity index is 1.27. The van der Waals surface area contributed by atoms with Gasteiger partial charge in [-0.3, -0.25) is 0 Å². The van der Waals surface area contributed by atoms with Gasteiger partial charge in [-0.1, -0.05) is 46.3 Å². The lowest BCUT2D eigenvalue weighted by molar-refractivity contribution is -0.345. The van der Waals surface area contributed by atoms with E-state index < -0.39 is 67.0 Å². The van der Waals surface area contributed by atoms with Gasteiger partial charge in [0.05, 0.1) is 37.6 Å². The monoisotopic (exact) mass is 770 g/mol. The lowest BCUT2D eigenvalue weighted by Gasteiger charge is -2.70. The Morgan fingerprint density at radius 3 is 2.13 bits per heavy atom. The maximum absolute atomic E-state index is 12.4. The smallest absolute Gasteiger partial charge is 0.187 e. The Labute approximate surface area is 320 Å². The van der Waals surface area contributed by atoms with E-state index in [1.165, 1.54) is 0 Å². The van der Waals surface area contributed by atoms with Crippen molar-refractivity contribution in [2.24, 2.45) is 45.3 Å². The van der Waals surface area contributed by atoms with Crippen LogP contribution in [0, 0.1) is 45.3 Å². The maximum atomic E-state index is 12.4. The van der Waals surface area contributed by atoms with Gasteiger partial charge in [0.1, 0.15) is 42.7 Å². The second-order valence-corrected chi connectivity index (χ2v) is 19.6. The van der Waals surface area contributed by atoms with E-state index in [2.05, 4.69) is 34.6 Å². The van der Waals surface area contributed by atoms with Crippen LogP contribution in [0.15, 0.2) is 11.6 Å². The first-order valence-electron chi connectivity index (χ1n) is 20.4. The summed E-state index contributed by atoms with van der Waals surface area (Å²) in [6.45, 7) is 14.7. The quantitative estimate of drug-likeness (QED) is 0.145. The van der Waals surface area contributed by atoms with Crippen LogP contribution in [0.4, 0.5) is 0 Å². The van der Waals surface area contributed by atoms with Crippen molar-refractivity contribution >= 4 is 0 Å². The molecule has 0 spiro atoms. The van der Waals surface area contributed by atoms with Crippen LogP contribution in [-0.2, 0) is 18.9 Å². The molecule has 0 aromatic rings. The third-order valence-corrected chi connectivity index (χ3v) is 16.5. The molecule has 13 heteroatoms. The van der Waals surface area contributed by atoms with Gasteiger partial charge in [-0.25, -0.2) is 0 Å². The highest BCUT2D eigenvalue weighted by Gasteiger charge is 2.71. The predicted molar refractivity (Wildman–Crippen MR) is 196 cm³/mol. The number of aliphatic hydroxyl groups is 9. The van der Waals surface area contributed by atoms with Gasteiger partial charge in [0.25, 0.3) is 0 Å². The Hall–Kier alpha value is -0.780. The maximum Gasteiger partial charge on any atom is 0.187 e. The lowest BCUT2D eigenvalue weighted by atomic mass is 9.35. The van der Waals surface area contributed by atoms with Crippen LogP contribution in [0.3, 0.4) is 0 Å². The largest absolute Gasteiger partial charge is 0.393 e. The van der Waals surface area contributed by atoms with Gasteiger partial charge < -0.3 is 64.9 Å². The lowest BCUT2D eigenvalue weighted by Crippen LogP contribution is -2.67. The number of hydrogen-bond acceptors (Lipinski definition) is 13. The first-order chi connectivity index (χ1) is 25.2. The molecular weight excluding hydrogens is 700 g/mol. The van der Waals surface area contributed by atoms with Gasteiger partial charge >= 0.3 is 0 Å². The van der Waals surface area contributed by atoms with E-state index in [0.29, 0.717) is 25.2 Å². The first kappa shape index (κ1) is 42.8. The molecule has 54 heavy (non-hydrogen) atoms. The molecular formula is C41H70O13. The SMILES string of the molecule is C/C(=C\CCC(C)(O[C@@H]1O[C@H](CO[C@H]2OC[C@@H](O)[C@H](O)[C@H]2O)[C@@H](O)[C@H](O)[C@H]1O)C1CCC2(C)C1C(O)CC1C3(C)CCC(O)C(C)(C)C3CCC12C)CO. The van der Waals surface area contributed by atoms with Crippen LogP contribution in [-0.4, -0.2) is 139 Å². The molecule has 0 aromatic heterocycles. The molecule has 4 saturated carbocycles. The molecule has 2 saturated heterocycles. The molecule has 2 heterocycles. The highest BCUT2D eigenvalue weighted by Crippen LogP contribution is 2.76. The number of fused-ring (bicyclic) bond motifs is 5. The minimum absolute atomic E-state index is 0.0279. The van der Waals surface area contributed by atoms with Gasteiger partial charge in [-0.2, -0.15) is 0 Å². The predicted octanol–water partition coefficient (Wildman–Crippen LogP) is 1.76. The zero-order valence-electron chi connectivity index (χ0n) is 33.4. The fraction of sp³-hybridized carbons (Fsp3) is 0.951. The summed E-state index contributed by atoms with van der Waals surface area (Å²) in [6, 6.07) is 0. The molecule has 2 aliphatic heterocycles. The van der Waals surface area contributed by atoms with E-state index >= 15 is 0 Å². The van der Waals surface area contributed by atoms with E-state index in [1.54, 1.807) is 0 Å². The summed E-state index contributed by atoms with van der Waals surface area (Å²) < 4.78 is 24.0. The molecule has 19 atom stereocenters. The second-order valence-electron chi connectivity index (χ2n) is 19.6.